The Kier molecular flexibility index (Phi) is 2.02. The van der Waals surface area contributed by atoms with Crippen LogP contribution in [0.4, 0.5) is 0 Å². The summed E-state index contributed by atoms with van der Waals surface area (Å²) in [6, 6.07) is 29.5. The van der Waals surface area contributed by atoms with Crippen molar-refractivity contribution in [2.75, 3.05) is 0 Å². The average molecular weight is 329 g/mol. The van der Waals surface area contributed by atoms with E-state index in [1.54, 1.807) is 0 Å². The summed E-state index contributed by atoms with van der Waals surface area (Å²) < 4.78 is 2.44. The molecule has 118 valence electrons. The first-order valence-electron chi connectivity index (χ1n) is 8.90. The molecule has 0 amide bonds. The quantitative estimate of drug-likeness (QED) is 0.316. The zero-order valence-electron chi connectivity index (χ0n) is 13.9. The smallest absolute Gasteiger partial charge is 0.216 e. The van der Waals surface area contributed by atoms with Gasteiger partial charge >= 0.3 is 0 Å². The summed E-state index contributed by atoms with van der Waals surface area (Å²) in [4.78, 5) is 3.56. The van der Waals surface area contributed by atoms with Gasteiger partial charge in [0.15, 0.2) is 0 Å². The van der Waals surface area contributed by atoms with Crippen molar-refractivity contribution in [2.24, 2.45) is 0 Å². The van der Waals surface area contributed by atoms with Crippen LogP contribution in [-0.4, -0.2) is 9.38 Å². The highest BCUT2D eigenvalue weighted by atomic mass is 14.9. The number of aromatic nitrogens is 2. The molecule has 2 nitrogen and oxygen atoms in total. The molecule has 3 heterocycles. The lowest BCUT2D eigenvalue weighted by atomic mass is 10.0. The summed E-state index contributed by atoms with van der Waals surface area (Å²) in [7, 11) is 0. The van der Waals surface area contributed by atoms with E-state index < -0.39 is 0 Å². The van der Waals surface area contributed by atoms with Crippen LogP contribution in [-0.2, 0) is 0 Å². The van der Waals surface area contributed by atoms with Gasteiger partial charge in [-0.15, -0.1) is 0 Å². The number of nitrogens with one attached hydrogen (secondary N) is 1. The predicted molar refractivity (Wildman–Crippen MR) is 109 cm³/mol. The van der Waals surface area contributed by atoms with E-state index in [0.29, 0.717) is 0 Å². The second-order valence-electron chi connectivity index (χ2n) is 7.02. The highest BCUT2D eigenvalue weighted by molar-refractivity contribution is 6.30. The second-order valence-corrected chi connectivity index (χ2v) is 7.02. The highest BCUT2D eigenvalue weighted by Crippen LogP contribution is 2.41. The van der Waals surface area contributed by atoms with Crippen LogP contribution in [0.25, 0.3) is 59.9 Å². The Hall–Kier alpha value is -3.61. The van der Waals surface area contributed by atoms with Crippen LogP contribution in [0.15, 0.2) is 72.8 Å². The van der Waals surface area contributed by atoms with Crippen molar-refractivity contribution in [3.8, 4) is 0 Å². The average Bonchev–Trinajstić information content (AvgIpc) is 3.19. The monoisotopic (exact) mass is 329 g/mol. The van der Waals surface area contributed by atoms with Crippen molar-refractivity contribution >= 4 is 59.9 Å². The molecule has 0 unspecified atom stereocenters. The molecule has 0 saturated heterocycles. The molecule has 2 heteroatoms. The number of benzene rings is 4. The maximum atomic E-state index is 3.56. The third-order valence-electron chi connectivity index (χ3n) is 5.77. The molecule has 0 atom stereocenters. The summed E-state index contributed by atoms with van der Waals surface area (Å²) >= 11 is 0. The van der Waals surface area contributed by atoms with Crippen molar-refractivity contribution in [2.45, 2.75) is 0 Å². The van der Waals surface area contributed by atoms with Gasteiger partial charge in [0.25, 0.3) is 0 Å². The number of aromatic amines is 1. The first-order chi connectivity index (χ1) is 12.9. The summed E-state index contributed by atoms with van der Waals surface area (Å²) in [6.45, 7) is 0. The lowest BCUT2D eigenvalue weighted by molar-refractivity contribution is 1.36. The Labute approximate surface area is 148 Å². The van der Waals surface area contributed by atoms with Crippen LogP contribution in [0.2, 0.25) is 0 Å². The fourth-order valence-corrected chi connectivity index (χ4v) is 4.80. The molecule has 4 aromatic carbocycles. The fraction of sp³-hybridized carbons (Fsp3) is 0. The number of rotatable bonds is 0. The zero-order valence-corrected chi connectivity index (χ0v) is 13.9. The normalized spacial score (nSPS) is 12.5. The first kappa shape index (κ1) is 12.7. The molecule has 3 aromatic heterocycles. The van der Waals surface area contributed by atoms with E-state index in [1.165, 1.54) is 54.4 Å². The SMILES string of the molecule is [c+]1ccc2c3cccc4c5ccccc5n(c5cccc6[nH]c1c2c65)c34. The number of H-pyrrole nitrogens is 1. The minimum Gasteiger partial charge on any atom is -0.324 e. The summed E-state index contributed by atoms with van der Waals surface area (Å²) in [5.41, 5.74) is 6.04. The second kappa shape index (κ2) is 4.13. The van der Waals surface area contributed by atoms with Gasteiger partial charge in [0, 0.05) is 16.2 Å². The number of fused-ring (bicyclic) bond motifs is 5. The van der Waals surface area contributed by atoms with Crippen molar-refractivity contribution in [3.63, 3.8) is 0 Å². The topological polar surface area (TPSA) is 20.2 Å². The molecule has 0 aliphatic heterocycles. The van der Waals surface area contributed by atoms with Crippen LogP contribution in [0.5, 0.6) is 0 Å². The van der Waals surface area contributed by atoms with Crippen LogP contribution < -0.4 is 0 Å². The number of hydrogen-bond acceptors (Lipinski definition) is 0. The van der Waals surface area contributed by atoms with Crippen molar-refractivity contribution in [1.29, 1.82) is 0 Å². The molecule has 0 fully saturated rings. The van der Waals surface area contributed by atoms with Crippen molar-refractivity contribution < 1.29 is 0 Å². The Bertz CT molecular complexity index is 1630. The Morgan fingerprint density at radius 3 is 2.38 bits per heavy atom. The number of nitrogens with zero attached hydrogens (tertiary/aromatic N) is 1. The van der Waals surface area contributed by atoms with Crippen LogP contribution in [0.3, 0.4) is 0 Å². The molecular formula is C24H13N2+. The van der Waals surface area contributed by atoms with E-state index in [4.69, 9.17) is 0 Å². The van der Waals surface area contributed by atoms with Gasteiger partial charge in [0.05, 0.1) is 39.6 Å². The molecule has 26 heavy (non-hydrogen) atoms. The van der Waals surface area contributed by atoms with E-state index >= 15 is 0 Å². The Morgan fingerprint density at radius 1 is 0.654 bits per heavy atom. The molecule has 7 rings (SSSR count). The molecule has 0 spiro atoms. The van der Waals surface area contributed by atoms with Gasteiger partial charge in [-0.2, -0.15) is 0 Å². The molecule has 0 radical (unpaired) electrons. The van der Waals surface area contributed by atoms with Crippen molar-refractivity contribution in [3.05, 3.63) is 78.9 Å². The Morgan fingerprint density at radius 2 is 1.42 bits per heavy atom. The van der Waals surface area contributed by atoms with Gasteiger partial charge in [-0.1, -0.05) is 36.4 Å². The largest absolute Gasteiger partial charge is 0.324 e. The molecule has 0 aliphatic rings. The highest BCUT2D eigenvalue weighted by Gasteiger charge is 2.22. The first-order valence-corrected chi connectivity index (χ1v) is 8.90. The zero-order chi connectivity index (χ0) is 16.8. The van der Waals surface area contributed by atoms with Gasteiger partial charge in [-0.05, 0) is 24.3 Å². The maximum Gasteiger partial charge on any atom is 0.216 e. The van der Waals surface area contributed by atoms with Crippen molar-refractivity contribution in [1.82, 2.24) is 9.38 Å². The fourth-order valence-electron chi connectivity index (χ4n) is 4.80. The molecule has 0 aliphatic carbocycles. The van der Waals surface area contributed by atoms with Crippen LogP contribution in [0.1, 0.15) is 0 Å². The van der Waals surface area contributed by atoms with Crippen LogP contribution in [0, 0.1) is 6.07 Å². The lowest BCUT2D eigenvalue weighted by Crippen LogP contribution is -1.84. The van der Waals surface area contributed by atoms with Gasteiger partial charge in [0.1, 0.15) is 16.8 Å². The summed E-state index contributed by atoms with van der Waals surface area (Å²) in [5.74, 6) is 0. The molecular weight excluding hydrogens is 316 g/mol. The van der Waals surface area contributed by atoms with E-state index in [1.807, 2.05) is 6.07 Å². The van der Waals surface area contributed by atoms with Crippen LogP contribution >= 0.6 is 0 Å². The molecule has 0 bridgehead atoms. The van der Waals surface area contributed by atoms with E-state index in [2.05, 4.69) is 82.2 Å². The standard InChI is InChI=1S/C24H13N2/c1-2-12-20-14(6-1)16-8-3-9-17-15-7-4-10-18-22(15)23-19(25-18)11-5-13-21(23)26(20)24(16)17/h1-9,11-13,25H/q+1. The van der Waals surface area contributed by atoms with Gasteiger partial charge in [-0.3, -0.25) is 0 Å². The molecule has 7 aromatic rings. The lowest BCUT2D eigenvalue weighted by Gasteiger charge is -2.00. The number of hydrogen-bond donors (Lipinski definition) is 1. The van der Waals surface area contributed by atoms with Gasteiger partial charge in [0.2, 0.25) is 5.52 Å². The van der Waals surface area contributed by atoms with E-state index in [0.717, 1.165) is 5.52 Å². The molecule has 0 saturated carbocycles. The Balaban J connectivity index is 2.07. The minimum absolute atomic E-state index is 1.08. The summed E-state index contributed by atoms with van der Waals surface area (Å²) in [5, 5.41) is 7.75. The maximum absolute atomic E-state index is 3.56. The summed E-state index contributed by atoms with van der Waals surface area (Å²) in [6.07, 6.45) is 0. The number of para-hydroxylation sites is 2. The molecule has 1 N–H and O–H groups in total. The minimum atomic E-state index is 1.08. The predicted octanol–water partition coefficient (Wildman–Crippen LogP) is 6.27. The third kappa shape index (κ3) is 1.28. The van der Waals surface area contributed by atoms with Gasteiger partial charge < -0.3 is 9.38 Å². The van der Waals surface area contributed by atoms with Gasteiger partial charge in [-0.25, -0.2) is 0 Å². The van der Waals surface area contributed by atoms with E-state index in [-0.39, 0.29) is 0 Å². The third-order valence-corrected chi connectivity index (χ3v) is 5.77. The van der Waals surface area contributed by atoms with E-state index in [9.17, 15) is 0 Å².